The number of nitrogens with two attached hydrogens (primary N) is 1. The molecule has 0 saturated carbocycles. The molecule has 0 fully saturated rings. The second-order valence-corrected chi connectivity index (χ2v) is 5.16. The van der Waals surface area contributed by atoms with Crippen molar-refractivity contribution < 1.29 is 4.74 Å². The summed E-state index contributed by atoms with van der Waals surface area (Å²) in [4.78, 5) is 4.32. The third kappa shape index (κ3) is 4.82. The van der Waals surface area contributed by atoms with Gasteiger partial charge in [-0.15, -0.1) is 0 Å². The molecule has 0 bridgehead atoms. The Morgan fingerprint density at radius 2 is 2.00 bits per heavy atom. The first-order valence-corrected chi connectivity index (χ1v) is 6.60. The summed E-state index contributed by atoms with van der Waals surface area (Å²) in [6, 6.07) is 3.95. The van der Waals surface area contributed by atoms with Crippen LogP contribution in [0.15, 0.2) is 12.1 Å². The minimum atomic E-state index is 0.366. The Hall–Kier alpha value is -1.45. The van der Waals surface area contributed by atoms with Gasteiger partial charge in [0.05, 0.1) is 12.8 Å². The highest BCUT2D eigenvalue weighted by molar-refractivity contribution is 5.62. The van der Waals surface area contributed by atoms with Gasteiger partial charge in [-0.3, -0.25) is 0 Å². The van der Waals surface area contributed by atoms with Gasteiger partial charge in [-0.05, 0) is 25.3 Å². The lowest BCUT2D eigenvalue weighted by Crippen LogP contribution is -2.17. The van der Waals surface area contributed by atoms with E-state index in [1.807, 2.05) is 6.07 Å². The van der Waals surface area contributed by atoms with Crippen molar-refractivity contribution in [3.8, 4) is 5.88 Å². The Labute approximate surface area is 110 Å². The molecule has 0 amide bonds. The van der Waals surface area contributed by atoms with Crippen LogP contribution in [0.1, 0.15) is 40.0 Å². The molecule has 0 aliphatic carbocycles. The molecule has 0 radical (unpaired) electrons. The van der Waals surface area contributed by atoms with Crippen molar-refractivity contribution in [1.82, 2.24) is 4.98 Å². The van der Waals surface area contributed by atoms with Gasteiger partial charge in [0.15, 0.2) is 5.82 Å². The van der Waals surface area contributed by atoms with Gasteiger partial charge in [0, 0.05) is 12.1 Å². The van der Waals surface area contributed by atoms with Crippen LogP contribution < -0.4 is 15.8 Å². The maximum Gasteiger partial charge on any atom is 0.215 e. The number of pyridine rings is 1. The third-order valence-corrected chi connectivity index (χ3v) is 2.91. The lowest BCUT2D eigenvalue weighted by Gasteiger charge is -2.16. The summed E-state index contributed by atoms with van der Waals surface area (Å²) in [5.41, 5.74) is 6.55. The van der Waals surface area contributed by atoms with Crippen molar-refractivity contribution in [3.63, 3.8) is 0 Å². The number of methoxy groups -OCH3 is 1. The molecule has 0 aliphatic rings. The van der Waals surface area contributed by atoms with E-state index in [0.29, 0.717) is 23.4 Å². The predicted molar refractivity (Wildman–Crippen MR) is 77.0 cm³/mol. The van der Waals surface area contributed by atoms with Crippen LogP contribution in [0.4, 0.5) is 11.5 Å². The van der Waals surface area contributed by atoms with Gasteiger partial charge in [-0.1, -0.05) is 26.7 Å². The first-order chi connectivity index (χ1) is 8.52. The van der Waals surface area contributed by atoms with E-state index in [9.17, 15) is 0 Å². The summed E-state index contributed by atoms with van der Waals surface area (Å²) >= 11 is 0. The number of anilines is 2. The molecule has 4 heteroatoms. The second-order valence-electron chi connectivity index (χ2n) is 5.16. The number of aromatic nitrogens is 1. The molecule has 102 valence electrons. The van der Waals surface area contributed by atoms with E-state index in [0.717, 1.165) is 12.3 Å². The average Bonchev–Trinajstić information content (AvgIpc) is 2.31. The van der Waals surface area contributed by atoms with E-state index < -0.39 is 0 Å². The fraction of sp³-hybridized carbons (Fsp3) is 0.643. The number of ether oxygens (including phenoxy) is 1. The van der Waals surface area contributed by atoms with Crippen molar-refractivity contribution in [2.45, 2.75) is 46.1 Å². The molecule has 3 N–H and O–H groups in total. The highest BCUT2D eigenvalue weighted by Gasteiger charge is 2.08. The molecule has 0 saturated heterocycles. The van der Waals surface area contributed by atoms with Crippen LogP contribution in [0.3, 0.4) is 0 Å². The predicted octanol–water partition coefficient (Wildman–Crippen LogP) is 3.30. The molecule has 0 spiro atoms. The molecule has 1 unspecified atom stereocenters. The maximum absolute atomic E-state index is 5.89. The van der Waals surface area contributed by atoms with Gasteiger partial charge in [-0.25, -0.2) is 0 Å². The molecule has 0 aromatic carbocycles. The zero-order chi connectivity index (χ0) is 13.5. The zero-order valence-corrected chi connectivity index (χ0v) is 11.9. The fourth-order valence-corrected chi connectivity index (χ4v) is 1.82. The summed E-state index contributed by atoms with van der Waals surface area (Å²) in [5, 5.41) is 3.34. The summed E-state index contributed by atoms with van der Waals surface area (Å²) in [7, 11) is 1.61. The smallest absolute Gasteiger partial charge is 0.215 e. The second kappa shape index (κ2) is 7.09. The standard InChI is InChI=1S/C14H25N3O/c1-10(2)6-5-7-11(3)16-14-12(15)8-9-13(17-14)18-4/h8-11H,5-7,15H2,1-4H3,(H,16,17). The van der Waals surface area contributed by atoms with Crippen molar-refractivity contribution in [2.24, 2.45) is 5.92 Å². The number of nitrogens with one attached hydrogen (secondary N) is 1. The van der Waals surface area contributed by atoms with Crippen molar-refractivity contribution in [1.29, 1.82) is 0 Å². The summed E-state index contributed by atoms with van der Waals surface area (Å²) < 4.78 is 5.10. The zero-order valence-electron chi connectivity index (χ0n) is 11.9. The van der Waals surface area contributed by atoms with E-state index in [4.69, 9.17) is 10.5 Å². The van der Waals surface area contributed by atoms with Crippen LogP contribution in [-0.2, 0) is 0 Å². The number of rotatable bonds is 7. The normalized spacial score (nSPS) is 12.5. The molecule has 1 heterocycles. The maximum atomic E-state index is 5.89. The van der Waals surface area contributed by atoms with Gasteiger partial charge in [0.1, 0.15) is 0 Å². The lowest BCUT2D eigenvalue weighted by atomic mass is 10.0. The van der Waals surface area contributed by atoms with E-state index >= 15 is 0 Å². The van der Waals surface area contributed by atoms with E-state index in [2.05, 4.69) is 31.1 Å². The highest BCUT2D eigenvalue weighted by Crippen LogP contribution is 2.21. The Morgan fingerprint density at radius 3 is 2.61 bits per heavy atom. The Bertz CT molecular complexity index is 366. The molecular formula is C14H25N3O. The Balaban J connectivity index is 2.50. The monoisotopic (exact) mass is 251 g/mol. The van der Waals surface area contributed by atoms with E-state index in [-0.39, 0.29) is 0 Å². The van der Waals surface area contributed by atoms with Crippen LogP contribution in [-0.4, -0.2) is 18.1 Å². The quantitative estimate of drug-likeness (QED) is 0.780. The summed E-state index contributed by atoms with van der Waals surface area (Å²) in [6.07, 6.45) is 3.60. The molecule has 1 aromatic rings. The highest BCUT2D eigenvalue weighted by atomic mass is 16.5. The molecule has 1 rings (SSSR count). The molecule has 0 aliphatic heterocycles. The number of hydrogen-bond acceptors (Lipinski definition) is 4. The molecule has 1 aromatic heterocycles. The van der Waals surface area contributed by atoms with Gasteiger partial charge in [-0.2, -0.15) is 4.98 Å². The largest absolute Gasteiger partial charge is 0.481 e. The molecule has 18 heavy (non-hydrogen) atoms. The molecule has 4 nitrogen and oxygen atoms in total. The van der Waals surface area contributed by atoms with E-state index in [1.54, 1.807) is 13.2 Å². The van der Waals surface area contributed by atoms with Gasteiger partial charge in [0.25, 0.3) is 0 Å². The average molecular weight is 251 g/mol. The van der Waals surface area contributed by atoms with Crippen molar-refractivity contribution >= 4 is 11.5 Å². The minimum absolute atomic E-state index is 0.366. The molecular weight excluding hydrogens is 226 g/mol. The Kier molecular flexibility index (Phi) is 5.75. The topological polar surface area (TPSA) is 60.2 Å². The first kappa shape index (κ1) is 14.6. The van der Waals surface area contributed by atoms with Crippen LogP contribution in [0, 0.1) is 5.92 Å². The van der Waals surface area contributed by atoms with Crippen LogP contribution in [0.25, 0.3) is 0 Å². The van der Waals surface area contributed by atoms with Crippen LogP contribution in [0.2, 0.25) is 0 Å². The first-order valence-electron chi connectivity index (χ1n) is 6.60. The summed E-state index contributed by atoms with van der Waals surface area (Å²) in [5.74, 6) is 2.06. The fourth-order valence-electron chi connectivity index (χ4n) is 1.82. The lowest BCUT2D eigenvalue weighted by molar-refractivity contribution is 0.398. The molecule has 1 atom stereocenters. The number of nitrogen functional groups attached to an aromatic ring is 1. The van der Waals surface area contributed by atoms with Gasteiger partial charge in [0.2, 0.25) is 5.88 Å². The van der Waals surface area contributed by atoms with Crippen LogP contribution in [0.5, 0.6) is 5.88 Å². The van der Waals surface area contributed by atoms with E-state index in [1.165, 1.54) is 12.8 Å². The minimum Gasteiger partial charge on any atom is -0.481 e. The SMILES string of the molecule is COc1ccc(N)c(NC(C)CCCC(C)C)n1. The number of nitrogens with zero attached hydrogens (tertiary/aromatic N) is 1. The summed E-state index contributed by atoms with van der Waals surface area (Å²) in [6.45, 7) is 6.65. The van der Waals surface area contributed by atoms with Gasteiger partial charge < -0.3 is 15.8 Å². The third-order valence-electron chi connectivity index (χ3n) is 2.91. The number of hydrogen-bond donors (Lipinski definition) is 2. The van der Waals surface area contributed by atoms with Crippen LogP contribution >= 0.6 is 0 Å². The Morgan fingerprint density at radius 1 is 1.28 bits per heavy atom. The van der Waals surface area contributed by atoms with Gasteiger partial charge >= 0.3 is 0 Å². The van der Waals surface area contributed by atoms with Crippen molar-refractivity contribution in [3.05, 3.63) is 12.1 Å². The van der Waals surface area contributed by atoms with Crippen molar-refractivity contribution in [2.75, 3.05) is 18.2 Å².